The summed E-state index contributed by atoms with van der Waals surface area (Å²) in [6, 6.07) is 12.2. The maximum absolute atomic E-state index is 13.3. The Morgan fingerprint density at radius 2 is 2.00 bits per heavy atom. The summed E-state index contributed by atoms with van der Waals surface area (Å²) in [7, 11) is 0. The maximum Gasteiger partial charge on any atom is 0.275 e. The fraction of sp³-hybridized carbons (Fsp3) is 0.267. The van der Waals surface area contributed by atoms with Crippen molar-refractivity contribution in [3.05, 3.63) is 82.3 Å². The van der Waals surface area contributed by atoms with Gasteiger partial charge in [0.25, 0.3) is 5.91 Å². The molecule has 1 atom stereocenters. The minimum absolute atomic E-state index is 0.264. The van der Waals surface area contributed by atoms with E-state index in [2.05, 4.69) is 40.5 Å². The molecular formula is C30H30FN3O3S. The first kappa shape index (κ1) is 25.9. The van der Waals surface area contributed by atoms with Gasteiger partial charge in [0.1, 0.15) is 16.5 Å². The van der Waals surface area contributed by atoms with Gasteiger partial charge in [-0.15, -0.1) is 11.3 Å². The first-order valence-corrected chi connectivity index (χ1v) is 13.4. The first-order chi connectivity index (χ1) is 18.2. The molecule has 6 nitrogen and oxygen atoms in total. The van der Waals surface area contributed by atoms with Crippen LogP contribution < -0.4 is 15.8 Å². The standard InChI is InChI=1S/C30H30FN3O3S/c1-19-4-5-21-14-25(22-10-13-37-17-22)26(15-23(21)16-34(19)12-11-30(2,3)36)32-28(35)27-18-38-29(33-27)20-6-8-24(31)9-7-20/h5-10,13-19,36H,4,11-12H2,1-3H3,(H,32,35). The normalized spacial score (nSPS) is 15.3. The molecule has 0 spiro atoms. The SMILES string of the molecule is CC1CC=c2cc(-c3ccoc3)c(NC(=O)c3csc(-c4ccc(F)cc4)n3)cc2=CN1CCC(C)(C)O. The number of carbonyl (C=O) groups excluding carboxylic acids is 1. The number of rotatable bonds is 7. The van der Waals surface area contributed by atoms with Gasteiger partial charge in [-0.3, -0.25) is 4.79 Å². The molecule has 8 heteroatoms. The first-order valence-electron chi connectivity index (χ1n) is 12.6. The summed E-state index contributed by atoms with van der Waals surface area (Å²) in [5, 5.41) is 17.7. The number of nitrogens with one attached hydrogen (secondary N) is 1. The Labute approximate surface area is 224 Å². The number of hydrogen-bond acceptors (Lipinski definition) is 6. The Balaban J connectivity index is 1.50. The van der Waals surface area contributed by atoms with Gasteiger partial charge in [-0.1, -0.05) is 6.08 Å². The molecule has 2 aromatic heterocycles. The van der Waals surface area contributed by atoms with Crippen LogP contribution in [0.25, 0.3) is 34.0 Å². The molecule has 4 aromatic rings. The number of benzene rings is 2. The summed E-state index contributed by atoms with van der Waals surface area (Å²) in [6.45, 7) is 6.53. The summed E-state index contributed by atoms with van der Waals surface area (Å²) < 4.78 is 18.7. The van der Waals surface area contributed by atoms with Crippen LogP contribution in [-0.4, -0.2) is 39.1 Å². The number of halogens is 1. The number of hydrogen-bond donors (Lipinski definition) is 2. The maximum atomic E-state index is 13.3. The molecule has 0 aliphatic carbocycles. The summed E-state index contributed by atoms with van der Waals surface area (Å²) in [5.74, 6) is -0.649. The van der Waals surface area contributed by atoms with Gasteiger partial charge < -0.3 is 19.7 Å². The van der Waals surface area contributed by atoms with Crippen molar-refractivity contribution in [2.75, 3.05) is 11.9 Å². The molecule has 1 unspecified atom stereocenters. The van der Waals surface area contributed by atoms with Gasteiger partial charge in [0.15, 0.2) is 0 Å². The number of thiazole rings is 1. The summed E-state index contributed by atoms with van der Waals surface area (Å²) in [6.07, 6.45) is 9.09. The van der Waals surface area contributed by atoms with E-state index in [1.807, 2.05) is 26.0 Å². The van der Waals surface area contributed by atoms with Crippen molar-refractivity contribution in [1.29, 1.82) is 0 Å². The van der Waals surface area contributed by atoms with E-state index < -0.39 is 5.60 Å². The van der Waals surface area contributed by atoms with Crippen molar-refractivity contribution in [3.8, 4) is 21.7 Å². The number of fused-ring (bicyclic) bond motifs is 1. The van der Waals surface area contributed by atoms with Gasteiger partial charge in [0.2, 0.25) is 0 Å². The number of aromatic nitrogens is 1. The minimum atomic E-state index is -0.753. The van der Waals surface area contributed by atoms with Crippen LogP contribution in [0.2, 0.25) is 0 Å². The molecule has 0 bridgehead atoms. The molecule has 38 heavy (non-hydrogen) atoms. The lowest BCUT2D eigenvalue weighted by molar-refractivity contribution is 0.0617. The van der Waals surface area contributed by atoms with Crippen molar-refractivity contribution in [2.24, 2.45) is 0 Å². The molecule has 0 saturated heterocycles. The molecule has 3 heterocycles. The highest BCUT2D eigenvalue weighted by Gasteiger charge is 2.20. The number of amides is 1. The van der Waals surface area contributed by atoms with E-state index in [1.54, 1.807) is 30.0 Å². The van der Waals surface area contributed by atoms with E-state index in [9.17, 15) is 14.3 Å². The van der Waals surface area contributed by atoms with Gasteiger partial charge in [0.05, 0.1) is 18.1 Å². The lowest BCUT2D eigenvalue weighted by Gasteiger charge is -2.29. The van der Waals surface area contributed by atoms with Gasteiger partial charge in [-0.05, 0) is 86.5 Å². The Bertz CT molecular complexity index is 1550. The highest BCUT2D eigenvalue weighted by atomic mass is 32.1. The highest BCUT2D eigenvalue weighted by molar-refractivity contribution is 7.13. The average Bonchev–Trinajstić information content (AvgIpc) is 3.56. The number of aliphatic hydroxyl groups is 1. The molecule has 0 saturated carbocycles. The largest absolute Gasteiger partial charge is 0.472 e. The van der Waals surface area contributed by atoms with Crippen molar-refractivity contribution < 1.29 is 18.7 Å². The smallest absolute Gasteiger partial charge is 0.275 e. The van der Waals surface area contributed by atoms with Crippen LogP contribution >= 0.6 is 11.3 Å². The van der Waals surface area contributed by atoms with E-state index >= 15 is 0 Å². The quantitative estimate of drug-likeness (QED) is 0.341. The molecule has 0 radical (unpaired) electrons. The third kappa shape index (κ3) is 5.87. The molecule has 1 aliphatic heterocycles. The van der Waals surface area contributed by atoms with E-state index in [4.69, 9.17) is 4.42 Å². The summed E-state index contributed by atoms with van der Waals surface area (Å²) in [5.41, 5.74) is 2.65. The average molecular weight is 532 g/mol. The van der Waals surface area contributed by atoms with Crippen LogP contribution in [0.4, 0.5) is 10.1 Å². The van der Waals surface area contributed by atoms with Gasteiger partial charge in [-0.25, -0.2) is 9.37 Å². The summed E-state index contributed by atoms with van der Waals surface area (Å²) in [4.78, 5) is 20.0. The zero-order valence-corrected chi connectivity index (χ0v) is 22.4. The van der Waals surface area contributed by atoms with Crippen LogP contribution in [0.1, 0.15) is 44.1 Å². The predicted molar refractivity (Wildman–Crippen MR) is 149 cm³/mol. The van der Waals surface area contributed by atoms with E-state index in [0.717, 1.165) is 33.5 Å². The minimum Gasteiger partial charge on any atom is -0.472 e. The van der Waals surface area contributed by atoms with Gasteiger partial charge in [0, 0.05) is 46.5 Å². The van der Waals surface area contributed by atoms with Crippen molar-refractivity contribution in [2.45, 2.75) is 45.3 Å². The van der Waals surface area contributed by atoms with Crippen molar-refractivity contribution in [1.82, 2.24) is 9.88 Å². The Morgan fingerprint density at radius 1 is 1.21 bits per heavy atom. The fourth-order valence-electron chi connectivity index (χ4n) is 4.40. The van der Waals surface area contributed by atoms with Gasteiger partial charge in [-0.2, -0.15) is 0 Å². The predicted octanol–water partition coefficient (Wildman–Crippen LogP) is 5.24. The molecule has 1 aliphatic rings. The third-order valence-corrected chi connectivity index (χ3v) is 7.55. The Hall–Kier alpha value is -3.75. The molecular weight excluding hydrogens is 501 g/mol. The van der Waals surface area contributed by atoms with Crippen LogP contribution in [0.15, 0.2) is 64.8 Å². The highest BCUT2D eigenvalue weighted by Crippen LogP contribution is 2.28. The third-order valence-electron chi connectivity index (χ3n) is 6.66. The van der Waals surface area contributed by atoms with Gasteiger partial charge >= 0.3 is 0 Å². The molecule has 2 N–H and O–H groups in total. The van der Waals surface area contributed by atoms with Crippen molar-refractivity contribution >= 4 is 35.2 Å². The number of nitrogens with zero attached hydrogens (tertiary/aromatic N) is 2. The fourth-order valence-corrected chi connectivity index (χ4v) is 5.20. The zero-order valence-electron chi connectivity index (χ0n) is 21.6. The lowest BCUT2D eigenvalue weighted by atomic mass is 10.0. The monoisotopic (exact) mass is 531 g/mol. The van der Waals surface area contributed by atoms with Crippen LogP contribution in [0, 0.1) is 5.82 Å². The van der Waals surface area contributed by atoms with Crippen LogP contribution in [0.3, 0.4) is 0 Å². The topological polar surface area (TPSA) is 78.6 Å². The Kier molecular flexibility index (Phi) is 7.19. The Morgan fingerprint density at radius 3 is 2.71 bits per heavy atom. The lowest BCUT2D eigenvalue weighted by Crippen LogP contribution is -2.34. The molecule has 196 valence electrons. The number of furan rings is 1. The summed E-state index contributed by atoms with van der Waals surface area (Å²) >= 11 is 1.34. The van der Waals surface area contributed by atoms with E-state index in [-0.39, 0.29) is 17.8 Å². The molecule has 5 rings (SSSR count). The van der Waals surface area contributed by atoms with E-state index in [0.29, 0.717) is 29.4 Å². The second kappa shape index (κ2) is 10.6. The molecule has 1 amide bonds. The van der Waals surface area contributed by atoms with Crippen LogP contribution in [-0.2, 0) is 0 Å². The molecule has 0 fully saturated rings. The van der Waals surface area contributed by atoms with Crippen LogP contribution in [0.5, 0.6) is 0 Å². The number of carbonyl (C=O) groups is 1. The second-order valence-corrected chi connectivity index (χ2v) is 11.1. The zero-order chi connectivity index (χ0) is 26.9. The second-order valence-electron chi connectivity index (χ2n) is 10.3. The molecule has 2 aromatic carbocycles. The van der Waals surface area contributed by atoms with E-state index in [1.165, 1.54) is 23.5 Å². The number of anilines is 1. The van der Waals surface area contributed by atoms with Crippen molar-refractivity contribution in [3.63, 3.8) is 0 Å².